The second kappa shape index (κ2) is 7.46. The maximum Gasteiger partial charge on any atom is 0.229 e. The Labute approximate surface area is 127 Å². The molecule has 1 saturated carbocycles. The van der Waals surface area contributed by atoms with Crippen LogP contribution < -0.4 is 16.0 Å². The molecule has 21 heavy (non-hydrogen) atoms. The van der Waals surface area contributed by atoms with E-state index in [1.807, 2.05) is 12.1 Å². The normalized spacial score (nSPS) is 21.9. The van der Waals surface area contributed by atoms with Gasteiger partial charge in [0.1, 0.15) is 0 Å². The molecule has 1 amide bonds. The third-order valence-corrected chi connectivity index (χ3v) is 4.42. The summed E-state index contributed by atoms with van der Waals surface area (Å²) in [5.41, 5.74) is 8.11. The van der Waals surface area contributed by atoms with Crippen LogP contribution in [0.25, 0.3) is 0 Å². The molecule has 4 heteroatoms. The number of hydrogen-bond acceptors (Lipinski definition) is 3. The van der Waals surface area contributed by atoms with Gasteiger partial charge in [-0.15, -0.1) is 0 Å². The van der Waals surface area contributed by atoms with Crippen LogP contribution in [0.15, 0.2) is 24.3 Å². The minimum absolute atomic E-state index is 0.00805. The van der Waals surface area contributed by atoms with Gasteiger partial charge in [-0.2, -0.15) is 0 Å². The molecule has 1 fully saturated rings. The summed E-state index contributed by atoms with van der Waals surface area (Å²) >= 11 is 0. The fourth-order valence-electron chi connectivity index (χ4n) is 3.06. The zero-order chi connectivity index (χ0) is 15.2. The molecule has 2 atom stereocenters. The van der Waals surface area contributed by atoms with Crippen molar-refractivity contribution >= 4 is 17.3 Å². The molecule has 0 aliphatic heterocycles. The maximum atomic E-state index is 12.3. The first-order valence-corrected chi connectivity index (χ1v) is 8.07. The van der Waals surface area contributed by atoms with Crippen molar-refractivity contribution in [3.8, 4) is 0 Å². The molecular formula is C17H27N3O. The molecule has 0 saturated heterocycles. The van der Waals surface area contributed by atoms with Crippen LogP contribution in [0.2, 0.25) is 0 Å². The highest BCUT2D eigenvalue weighted by Gasteiger charge is 2.28. The van der Waals surface area contributed by atoms with E-state index in [0.29, 0.717) is 0 Å². The number of benzene rings is 1. The number of amides is 1. The van der Waals surface area contributed by atoms with E-state index in [-0.39, 0.29) is 17.9 Å². The number of rotatable bonds is 5. The van der Waals surface area contributed by atoms with Crippen LogP contribution in [-0.2, 0) is 4.79 Å². The minimum atomic E-state index is -0.0405. The number of nitrogens with zero attached hydrogens (tertiary/aromatic N) is 1. The Morgan fingerprint density at radius 1 is 1.19 bits per heavy atom. The number of nitrogens with two attached hydrogens (primary N) is 1. The second-order valence-corrected chi connectivity index (χ2v) is 5.76. The Bertz CT molecular complexity index is 454. The second-order valence-electron chi connectivity index (χ2n) is 5.76. The number of carbonyl (C=O) groups excluding carboxylic acids is 1. The largest absolute Gasteiger partial charge is 0.372 e. The smallest absolute Gasteiger partial charge is 0.229 e. The standard InChI is InChI=1S/C17H27N3O/c1-3-20(4-2)14-11-9-13(10-12-14)19-17(21)15-7-5-6-8-16(15)18/h9-12,15-16H,3-8,18H2,1-2H3,(H,19,21). The van der Waals surface area contributed by atoms with Crippen molar-refractivity contribution in [3.05, 3.63) is 24.3 Å². The zero-order valence-corrected chi connectivity index (χ0v) is 13.1. The molecule has 0 bridgehead atoms. The minimum Gasteiger partial charge on any atom is -0.372 e. The molecule has 2 rings (SSSR count). The van der Waals surface area contributed by atoms with E-state index in [1.54, 1.807) is 0 Å². The zero-order valence-electron chi connectivity index (χ0n) is 13.1. The first-order chi connectivity index (χ1) is 10.2. The van der Waals surface area contributed by atoms with Gasteiger partial charge >= 0.3 is 0 Å². The van der Waals surface area contributed by atoms with Gasteiger partial charge in [0.15, 0.2) is 0 Å². The number of nitrogens with one attached hydrogen (secondary N) is 1. The molecule has 0 aromatic heterocycles. The molecule has 0 spiro atoms. The molecule has 0 radical (unpaired) electrons. The summed E-state index contributed by atoms with van der Waals surface area (Å²) < 4.78 is 0. The predicted octanol–water partition coefficient (Wildman–Crippen LogP) is 2.99. The molecule has 4 nitrogen and oxygen atoms in total. The highest BCUT2D eigenvalue weighted by atomic mass is 16.1. The van der Waals surface area contributed by atoms with E-state index in [4.69, 9.17) is 5.73 Å². The lowest BCUT2D eigenvalue weighted by Crippen LogP contribution is -2.40. The van der Waals surface area contributed by atoms with Gasteiger partial charge in [-0.25, -0.2) is 0 Å². The van der Waals surface area contributed by atoms with Crippen LogP contribution in [0, 0.1) is 5.92 Å². The Morgan fingerprint density at radius 3 is 2.38 bits per heavy atom. The van der Waals surface area contributed by atoms with Crippen molar-refractivity contribution in [2.24, 2.45) is 11.7 Å². The van der Waals surface area contributed by atoms with Crippen LogP contribution in [0.4, 0.5) is 11.4 Å². The van der Waals surface area contributed by atoms with Crippen molar-refractivity contribution in [2.45, 2.75) is 45.6 Å². The average molecular weight is 289 g/mol. The van der Waals surface area contributed by atoms with Gasteiger partial charge < -0.3 is 16.0 Å². The molecule has 0 heterocycles. The molecular weight excluding hydrogens is 262 g/mol. The van der Waals surface area contributed by atoms with Gasteiger partial charge in [-0.3, -0.25) is 4.79 Å². The van der Waals surface area contributed by atoms with Gasteiger partial charge in [0.2, 0.25) is 5.91 Å². The Hall–Kier alpha value is -1.55. The lowest BCUT2D eigenvalue weighted by molar-refractivity contribution is -0.121. The quantitative estimate of drug-likeness (QED) is 0.876. The third kappa shape index (κ3) is 3.97. The summed E-state index contributed by atoms with van der Waals surface area (Å²) in [6.07, 6.45) is 4.11. The highest BCUT2D eigenvalue weighted by Crippen LogP contribution is 2.25. The summed E-state index contributed by atoms with van der Waals surface area (Å²) in [5, 5.41) is 3.01. The summed E-state index contributed by atoms with van der Waals surface area (Å²) in [4.78, 5) is 14.6. The van der Waals surface area contributed by atoms with Crippen molar-refractivity contribution in [1.82, 2.24) is 0 Å². The first kappa shape index (κ1) is 15.8. The number of carbonyl (C=O) groups is 1. The van der Waals surface area contributed by atoms with Crippen LogP contribution in [-0.4, -0.2) is 25.0 Å². The predicted molar refractivity (Wildman–Crippen MR) is 88.6 cm³/mol. The van der Waals surface area contributed by atoms with Gasteiger partial charge in [-0.1, -0.05) is 12.8 Å². The van der Waals surface area contributed by atoms with E-state index >= 15 is 0 Å². The molecule has 1 aliphatic carbocycles. The van der Waals surface area contributed by atoms with Crippen molar-refractivity contribution in [1.29, 1.82) is 0 Å². The topological polar surface area (TPSA) is 58.4 Å². The van der Waals surface area contributed by atoms with Crippen molar-refractivity contribution in [3.63, 3.8) is 0 Å². The lowest BCUT2D eigenvalue weighted by atomic mass is 9.84. The van der Waals surface area contributed by atoms with E-state index < -0.39 is 0 Å². The Kier molecular flexibility index (Phi) is 5.62. The fraction of sp³-hybridized carbons (Fsp3) is 0.588. The first-order valence-electron chi connectivity index (χ1n) is 8.07. The maximum absolute atomic E-state index is 12.3. The van der Waals surface area contributed by atoms with Crippen molar-refractivity contribution in [2.75, 3.05) is 23.3 Å². The summed E-state index contributed by atoms with van der Waals surface area (Å²) in [6.45, 7) is 6.26. The number of anilines is 2. The van der Waals surface area contributed by atoms with Gasteiger partial charge in [0.25, 0.3) is 0 Å². The van der Waals surface area contributed by atoms with E-state index in [2.05, 4.69) is 36.2 Å². The molecule has 3 N–H and O–H groups in total. The highest BCUT2D eigenvalue weighted by molar-refractivity contribution is 5.93. The molecule has 116 valence electrons. The fourth-order valence-corrected chi connectivity index (χ4v) is 3.06. The summed E-state index contributed by atoms with van der Waals surface area (Å²) in [7, 11) is 0. The molecule has 2 unspecified atom stereocenters. The van der Waals surface area contributed by atoms with E-state index in [0.717, 1.165) is 44.5 Å². The van der Waals surface area contributed by atoms with E-state index in [1.165, 1.54) is 5.69 Å². The van der Waals surface area contributed by atoms with Crippen molar-refractivity contribution < 1.29 is 4.79 Å². The molecule has 1 aliphatic rings. The average Bonchev–Trinajstić information content (AvgIpc) is 2.50. The van der Waals surface area contributed by atoms with Crippen LogP contribution in [0.5, 0.6) is 0 Å². The summed E-state index contributed by atoms with van der Waals surface area (Å²) in [6, 6.07) is 8.07. The summed E-state index contributed by atoms with van der Waals surface area (Å²) in [5.74, 6) is 0.0268. The van der Waals surface area contributed by atoms with Gasteiger partial charge in [-0.05, 0) is 51.0 Å². The SMILES string of the molecule is CCN(CC)c1ccc(NC(=O)C2CCCCC2N)cc1. The van der Waals surface area contributed by atoms with Crippen LogP contribution in [0.1, 0.15) is 39.5 Å². The lowest BCUT2D eigenvalue weighted by Gasteiger charge is -2.27. The third-order valence-electron chi connectivity index (χ3n) is 4.42. The molecule has 1 aromatic carbocycles. The Morgan fingerprint density at radius 2 is 1.81 bits per heavy atom. The van der Waals surface area contributed by atoms with Gasteiger partial charge in [0.05, 0.1) is 5.92 Å². The van der Waals surface area contributed by atoms with Gasteiger partial charge in [0, 0.05) is 30.5 Å². The van der Waals surface area contributed by atoms with Crippen LogP contribution in [0.3, 0.4) is 0 Å². The monoisotopic (exact) mass is 289 g/mol. The van der Waals surface area contributed by atoms with E-state index in [9.17, 15) is 4.79 Å². The molecule has 1 aromatic rings. The Balaban J connectivity index is 1.98. The van der Waals surface area contributed by atoms with Crippen LogP contribution >= 0.6 is 0 Å². The number of hydrogen-bond donors (Lipinski definition) is 2.